The Balaban J connectivity index is 2.89. The van der Waals surface area contributed by atoms with Gasteiger partial charge in [0.2, 0.25) is 0 Å². The van der Waals surface area contributed by atoms with Crippen LogP contribution < -0.4 is 5.73 Å². The van der Waals surface area contributed by atoms with E-state index in [0.29, 0.717) is 5.82 Å². The molecule has 4 nitrogen and oxygen atoms in total. The predicted molar refractivity (Wildman–Crippen MR) is 68.5 cm³/mol. The molecule has 0 aliphatic rings. The third-order valence-electron chi connectivity index (χ3n) is 2.35. The summed E-state index contributed by atoms with van der Waals surface area (Å²) >= 11 is 0. The van der Waals surface area contributed by atoms with Gasteiger partial charge in [-0.25, -0.2) is 4.98 Å². The van der Waals surface area contributed by atoms with Crippen LogP contribution in [0.2, 0.25) is 0 Å². The number of aromatic nitrogens is 1. The van der Waals surface area contributed by atoms with Crippen molar-refractivity contribution >= 4 is 12.0 Å². The van der Waals surface area contributed by atoms with Gasteiger partial charge in [0.05, 0.1) is 0 Å². The van der Waals surface area contributed by atoms with Crippen molar-refractivity contribution in [3.63, 3.8) is 0 Å². The minimum Gasteiger partial charge on any atom is -0.383 e. The van der Waals surface area contributed by atoms with E-state index < -0.39 is 0 Å². The summed E-state index contributed by atoms with van der Waals surface area (Å²) in [7, 11) is 3.82. The maximum Gasteiger partial charge on any atom is 0.127 e. The summed E-state index contributed by atoms with van der Waals surface area (Å²) in [6.45, 7) is 2.16. The molecule has 2 N–H and O–H groups in total. The van der Waals surface area contributed by atoms with Gasteiger partial charge in [-0.2, -0.15) is 5.10 Å². The quantitative estimate of drug-likeness (QED) is 0.610. The van der Waals surface area contributed by atoms with Crippen LogP contribution in [0.4, 0.5) is 5.82 Å². The Kier molecular flexibility index (Phi) is 4.76. The zero-order valence-electron chi connectivity index (χ0n) is 10.2. The smallest absolute Gasteiger partial charge is 0.127 e. The lowest BCUT2D eigenvalue weighted by atomic mass is 9.96. The number of anilines is 1. The Bertz CT molecular complexity index is 347. The summed E-state index contributed by atoms with van der Waals surface area (Å²) in [4.78, 5) is 4.11. The molecule has 0 aromatic carbocycles. The van der Waals surface area contributed by atoms with Crippen molar-refractivity contribution in [1.29, 1.82) is 0 Å². The van der Waals surface area contributed by atoms with Crippen LogP contribution in [-0.2, 0) is 0 Å². The second-order valence-corrected chi connectivity index (χ2v) is 3.98. The van der Waals surface area contributed by atoms with Crippen molar-refractivity contribution in [3.8, 4) is 0 Å². The number of nitrogens with zero attached hydrogens (tertiary/aromatic N) is 3. The van der Waals surface area contributed by atoms with Gasteiger partial charge >= 0.3 is 0 Å². The van der Waals surface area contributed by atoms with E-state index in [1.165, 1.54) is 0 Å². The fourth-order valence-electron chi connectivity index (χ4n) is 1.58. The Hall–Kier alpha value is -1.58. The summed E-state index contributed by atoms with van der Waals surface area (Å²) in [5.74, 6) is 0.854. The monoisotopic (exact) mass is 220 g/mol. The molecular weight excluding hydrogens is 200 g/mol. The average Bonchev–Trinajstić information content (AvgIpc) is 2.25. The average molecular weight is 220 g/mol. The number of hydrazone groups is 1. The normalized spacial score (nSPS) is 12.9. The SMILES string of the molecule is CCC[C@@H](/C=N/N(C)C)c1cccnc1N. The minimum absolute atomic E-state index is 0.251. The highest BCUT2D eigenvalue weighted by molar-refractivity contribution is 5.70. The number of hydrogen-bond acceptors (Lipinski definition) is 4. The van der Waals surface area contributed by atoms with Crippen LogP contribution in [0.1, 0.15) is 31.2 Å². The van der Waals surface area contributed by atoms with Gasteiger partial charge in [-0.15, -0.1) is 0 Å². The van der Waals surface area contributed by atoms with Crippen LogP contribution >= 0.6 is 0 Å². The van der Waals surface area contributed by atoms with Crippen molar-refractivity contribution < 1.29 is 0 Å². The largest absolute Gasteiger partial charge is 0.383 e. The van der Waals surface area contributed by atoms with Crippen molar-refractivity contribution in [2.24, 2.45) is 5.10 Å². The highest BCUT2D eigenvalue weighted by atomic mass is 15.4. The highest BCUT2D eigenvalue weighted by Gasteiger charge is 2.11. The van der Waals surface area contributed by atoms with E-state index in [1.807, 2.05) is 32.4 Å². The van der Waals surface area contributed by atoms with Gasteiger partial charge in [0.15, 0.2) is 0 Å². The van der Waals surface area contributed by atoms with Gasteiger partial charge in [-0.1, -0.05) is 19.4 Å². The number of pyridine rings is 1. The van der Waals surface area contributed by atoms with E-state index >= 15 is 0 Å². The molecule has 0 saturated carbocycles. The maximum absolute atomic E-state index is 5.87. The Morgan fingerprint density at radius 2 is 2.31 bits per heavy atom. The number of nitrogens with two attached hydrogens (primary N) is 1. The molecule has 16 heavy (non-hydrogen) atoms. The van der Waals surface area contributed by atoms with Gasteiger partial charge in [-0.3, -0.25) is 0 Å². The molecule has 1 atom stereocenters. The molecule has 4 heteroatoms. The fraction of sp³-hybridized carbons (Fsp3) is 0.500. The number of hydrogen-bond donors (Lipinski definition) is 1. The van der Waals surface area contributed by atoms with E-state index in [-0.39, 0.29) is 5.92 Å². The van der Waals surface area contributed by atoms with Crippen LogP contribution in [0.25, 0.3) is 0 Å². The fourth-order valence-corrected chi connectivity index (χ4v) is 1.58. The number of rotatable bonds is 5. The molecule has 0 spiro atoms. The maximum atomic E-state index is 5.87. The molecule has 1 heterocycles. The summed E-state index contributed by atoms with van der Waals surface area (Å²) in [5, 5.41) is 6.07. The third kappa shape index (κ3) is 3.53. The molecule has 0 unspecified atom stereocenters. The first-order valence-corrected chi connectivity index (χ1v) is 5.57. The molecule has 0 amide bonds. The first-order valence-electron chi connectivity index (χ1n) is 5.57. The standard InChI is InChI=1S/C12H20N4/c1-4-6-10(9-15-16(2)3)11-7-5-8-14-12(11)13/h5,7-10H,4,6H2,1-3H3,(H2,13,14)/b15-9+/t10-/m0/s1. The van der Waals surface area contributed by atoms with Crippen molar-refractivity contribution in [1.82, 2.24) is 9.99 Å². The Morgan fingerprint density at radius 1 is 1.56 bits per heavy atom. The Labute approximate surface area is 97.2 Å². The lowest BCUT2D eigenvalue weighted by Crippen LogP contribution is -2.09. The molecule has 0 aliphatic heterocycles. The molecule has 0 bridgehead atoms. The van der Waals surface area contributed by atoms with Gasteiger partial charge < -0.3 is 10.7 Å². The first kappa shape index (κ1) is 12.5. The predicted octanol–water partition coefficient (Wildman–Crippen LogP) is 2.09. The van der Waals surface area contributed by atoms with Crippen LogP contribution in [0.3, 0.4) is 0 Å². The molecule has 1 aromatic rings. The van der Waals surface area contributed by atoms with E-state index in [1.54, 1.807) is 11.2 Å². The van der Waals surface area contributed by atoms with Crippen molar-refractivity contribution in [3.05, 3.63) is 23.9 Å². The summed E-state index contributed by atoms with van der Waals surface area (Å²) in [5.41, 5.74) is 6.94. The van der Waals surface area contributed by atoms with E-state index in [9.17, 15) is 0 Å². The molecule has 0 saturated heterocycles. The van der Waals surface area contributed by atoms with Crippen LogP contribution in [0.5, 0.6) is 0 Å². The van der Waals surface area contributed by atoms with E-state index in [4.69, 9.17) is 5.73 Å². The van der Waals surface area contributed by atoms with Gasteiger partial charge in [0, 0.05) is 38.0 Å². The lowest BCUT2D eigenvalue weighted by molar-refractivity contribution is 0.437. The minimum atomic E-state index is 0.251. The second-order valence-electron chi connectivity index (χ2n) is 3.98. The number of nitrogen functional groups attached to an aromatic ring is 1. The van der Waals surface area contributed by atoms with E-state index in [0.717, 1.165) is 18.4 Å². The summed E-state index contributed by atoms with van der Waals surface area (Å²) in [6.07, 6.45) is 5.79. The molecule has 0 fully saturated rings. The molecule has 0 aliphatic carbocycles. The van der Waals surface area contributed by atoms with Crippen molar-refractivity contribution in [2.45, 2.75) is 25.7 Å². The lowest BCUT2D eigenvalue weighted by Gasteiger charge is -2.14. The van der Waals surface area contributed by atoms with Gasteiger partial charge in [-0.05, 0) is 12.5 Å². The molecular formula is C12H20N4. The molecule has 1 rings (SSSR count). The van der Waals surface area contributed by atoms with Crippen LogP contribution in [-0.4, -0.2) is 30.3 Å². The van der Waals surface area contributed by atoms with Crippen LogP contribution in [0.15, 0.2) is 23.4 Å². The van der Waals surface area contributed by atoms with E-state index in [2.05, 4.69) is 17.0 Å². The summed E-state index contributed by atoms with van der Waals surface area (Å²) < 4.78 is 0. The zero-order chi connectivity index (χ0) is 12.0. The van der Waals surface area contributed by atoms with Gasteiger partial charge in [0.1, 0.15) is 5.82 Å². The highest BCUT2D eigenvalue weighted by Crippen LogP contribution is 2.23. The summed E-state index contributed by atoms with van der Waals surface area (Å²) in [6, 6.07) is 3.93. The van der Waals surface area contributed by atoms with Crippen LogP contribution in [0, 0.1) is 0 Å². The molecule has 88 valence electrons. The second kappa shape index (κ2) is 6.10. The Morgan fingerprint density at radius 3 is 2.88 bits per heavy atom. The topological polar surface area (TPSA) is 54.5 Å². The first-order chi connectivity index (χ1) is 7.65. The van der Waals surface area contributed by atoms with Crippen molar-refractivity contribution in [2.75, 3.05) is 19.8 Å². The molecule has 0 radical (unpaired) electrons. The molecule has 1 aromatic heterocycles. The zero-order valence-corrected chi connectivity index (χ0v) is 10.2. The van der Waals surface area contributed by atoms with Gasteiger partial charge in [0.25, 0.3) is 0 Å². The third-order valence-corrected chi connectivity index (χ3v) is 2.35.